The second-order valence-corrected chi connectivity index (χ2v) is 19.1. The van der Waals surface area contributed by atoms with Crippen LogP contribution in [0.1, 0.15) is 149 Å². The highest BCUT2D eigenvalue weighted by Crippen LogP contribution is 2.61. The fraction of sp³-hybridized carbons (Fsp3) is 0.379. The van der Waals surface area contributed by atoms with Crippen LogP contribution in [0.15, 0.2) is 72.8 Å². The molecule has 6 aromatic rings. The molecule has 6 aromatic carbocycles. The highest BCUT2D eigenvalue weighted by atomic mass is 19.2. The van der Waals surface area contributed by atoms with Crippen molar-refractivity contribution in [3.8, 4) is 11.1 Å². The minimum Gasteiger partial charge on any atom is -0.304 e. The van der Waals surface area contributed by atoms with Crippen molar-refractivity contribution in [1.29, 1.82) is 0 Å². The number of nitrogens with zero attached hydrogens (tertiary/aromatic N) is 2. The lowest BCUT2D eigenvalue weighted by Crippen LogP contribution is -2.38. The van der Waals surface area contributed by atoms with E-state index in [9.17, 15) is 0 Å². The molecule has 0 aromatic heterocycles. The van der Waals surface area contributed by atoms with E-state index in [4.69, 9.17) is 0 Å². The Balaban J connectivity index is 1.36. The maximum atomic E-state index is 17.2. The van der Waals surface area contributed by atoms with E-state index in [1.807, 2.05) is 52.0 Å². The van der Waals surface area contributed by atoms with Crippen molar-refractivity contribution in [2.24, 2.45) is 0 Å². The number of benzene rings is 6. The summed E-state index contributed by atoms with van der Waals surface area (Å²) in [6.45, 7) is 15.9. The zero-order valence-electron chi connectivity index (χ0n) is 40.3. The molecule has 2 aliphatic rings. The number of hydrogen-bond donors (Lipinski definition) is 0. The lowest BCUT2D eigenvalue weighted by atomic mass is 9.62. The van der Waals surface area contributed by atoms with Crippen LogP contribution in [-0.2, 0) is 10.8 Å². The minimum atomic E-state index is -2.21. The number of anilines is 6. The van der Waals surface area contributed by atoms with Crippen molar-refractivity contribution in [3.05, 3.63) is 164 Å². The number of rotatable bonds is 15. The van der Waals surface area contributed by atoms with E-state index in [0.717, 1.165) is 106 Å². The molecule has 0 aliphatic carbocycles. The molecule has 2 heterocycles. The Bertz CT molecular complexity index is 2540. The third kappa shape index (κ3) is 7.33. The van der Waals surface area contributed by atoms with Gasteiger partial charge in [0.15, 0.2) is 46.5 Å². The van der Waals surface area contributed by atoms with Gasteiger partial charge in [0.25, 0.3) is 0 Å². The van der Waals surface area contributed by atoms with Gasteiger partial charge in [-0.1, -0.05) is 128 Å². The SMILES string of the molecule is CCCCC1(CCCC)c2c(C)cccc2N(c2c(F)c(F)c(-c3c(F)c(F)c(N4c5cccc(C)c5C(CCCC)(CCCC)c5c(C)cccc54)c(F)c3F)c(F)c2F)c2cccc(C)c21. The average Bonchev–Trinajstić information content (AvgIpc) is 3.32. The first-order valence-corrected chi connectivity index (χ1v) is 24.3. The van der Waals surface area contributed by atoms with Crippen molar-refractivity contribution >= 4 is 34.1 Å². The molecule has 0 saturated heterocycles. The van der Waals surface area contributed by atoms with Crippen molar-refractivity contribution in [2.75, 3.05) is 9.80 Å². The first kappa shape index (κ1) is 48.8. The fourth-order valence-electron chi connectivity index (χ4n) is 12.1. The molecule has 10 heteroatoms. The molecular weight excluding hydrogens is 877 g/mol. The third-order valence-corrected chi connectivity index (χ3v) is 14.9. The quantitative estimate of drug-likeness (QED) is 0.0748. The van der Waals surface area contributed by atoms with Gasteiger partial charge in [0.05, 0.1) is 33.9 Å². The fourth-order valence-corrected chi connectivity index (χ4v) is 12.1. The Hall–Kier alpha value is -5.64. The van der Waals surface area contributed by atoms with E-state index in [1.54, 1.807) is 48.5 Å². The van der Waals surface area contributed by atoms with Crippen molar-refractivity contribution in [1.82, 2.24) is 0 Å². The van der Waals surface area contributed by atoms with Crippen LogP contribution >= 0.6 is 0 Å². The molecule has 0 unspecified atom stereocenters. The number of halogens is 8. The Morgan fingerprint density at radius 3 is 0.765 bits per heavy atom. The molecule has 0 N–H and O–H groups in total. The third-order valence-electron chi connectivity index (χ3n) is 14.9. The smallest absolute Gasteiger partial charge is 0.186 e. The van der Waals surface area contributed by atoms with Gasteiger partial charge in [-0.25, -0.2) is 35.1 Å². The van der Waals surface area contributed by atoms with E-state index < -0.39 is 79.9 Å². The van der Waals surface area contributed by atoms with Crippen LogP contribution in [-0.4, -0.2) is 0 Å². The van der Waals surface area contributed by atoms with Gasteiger partial charge >= 0.3 is 0 Å². The first-order chi connectivity index (χ1) is 32.6. The Morgan fingerprint density at radius 1 is 0.338 bits per heavy atom. The lowest BCUT2D eigenvalue weighted by Gasteiger charge is -2.48. The average molecular weight is 937 g/mol. The second kappa shape index (κ2) is 19.0. The van der Waals surface area contributed by atoms with Crippen LogP contribution in [0.4, 0.5) is 69.2 Å². The van der Waals surface area contributed by atoms with E-state index in [2.05, 4.69) is 27.7 Å². The van der Waals surface area contributed by atoms with E-state index in [0.29, 0.717) is 48.4 Å². The van der Waals surface area contributed by atoms with Crippen LogP contribution in [0.2, 0.25) is 0 Å². The standard InChI is InChI=1S/C58H60F8N2/c1-9-13-29-57(30-14-10-2)43-33(5)21-17-25-37(43)67(38-26-18-22-34(6)44(38)57)55-51(63)47(59)41(48(60)52(55)64)42-49(61)53(65)56(54(66)50(42)62)68-39-27-19-23-35(7)45(39)58(31-15-11-3,32-16-12-4)46-36(8)24-20-28-40(46)68/h17-28H,9-16,29-32H2,1-8H3. The zero-order valence-corrected chi connectivity index (χ0v) is 40.3. The molecule has 2 nitrogen and oxygen atoms in total. The molecule has 2 aliphatic heterocycles. The Kier molecular flexibility index (Phi) is 13.7. The normalized spacial score (nSPS) is 14.5. The number of hydrogen-bond acceptors (Lipinski definition) is 2. The predicted molar refractivity (Wildman–Crippen MR) is 260 cm³/mol. The molecule has 0 radical (unpaired) electrons. The van der Waals surface area contributed by atoms with Gasteiger partial charge in [-0.05, 0) is 122 Å². The summed E-state index contributed by atoms with van der Waals surface area (Å²) in [5, 5.41) is 0. The Morgan fingerprint density at radius 2 is 0.559 bits per heavy atom. The van der Waals surface area contributed by atoms with Gasteiger partial charge < -0.3 is 9.80 Å². The van der Waals surface area contributed by atoms with Crippen molar-refractivity contribution < 1.29 is 35.1 Å². The van der Waals surface area contributed by atoms with Crippen LogP contribution in [0.25, 0.3) is 11.1 Å². The van der Waals surface area contributed by atoms with Crippen molar-refractivity contribution in [2.45, 2.75) is 143 Å². The predicted octanol–water partition coefficient (Wildman–Crippen LogP) is 18.6. The first-order valence-electron chi connectivity index (χ1n) is 24.3. The molecule has 0 fully saturated rings. The van der Waals surface area contributed by atoms with Crippen LogP contribution in [0.5, 0.6) is 0 Å². The zero-order chi connectivity index (χ0) is 49.0. The number of unbranched alkanes of at least 4 members (excludes halogenated alkanes) is 4. The van der Waals surface area contributed by atoms with Crippen LogP contribution in [0, 0.1) is 74.2 Å². The maximum Gasteiger partial charge on any atom is 0.186 e. The number of fused-ring (bicyclic) bond motifs is 4. The van der Waals surface area contributed by atoms with Crippen LogP contribution in [0.3, 0.4) is 0 Å². The highest BCUT2D eigenvalue weighted by Gasteiger charge is 2.49. The van der Waals surface area contributed by atoms with Gasteiger partial charge in [-0.15, -0.1) is 0 Å². The molecule has 0 atom stereocenters. The van der Waals surface area contributed by atoms with E-state index >= 15 is 35.1 Å². The van der Waals surface area contributed by atoms with Gasteiger partial charge in [-0.2, -0.15) is 0 Å². The molecule has 68 heavy (non-hydrogen) atoms. The summed E-state index contributed by atoms with van der Waals surface area (Å²) in [5.41, 5.74) is 0.00118. The molecule has 358 valence electrons. The van der Waals surface area contributed by atoms with Gasteiger partial charge in [0.2, 0.25) is 0 Å². The van der Waals surface area contributed by atoms with E-state index in [-0.39, 0.29) is 0 Å². The van der Waals surface area contributed by atoms with Gasteiger partial charge in [0.1, 0.15) is 11.4 Å². The van der Waals surface area contributed by atoms with Gasteiger partial charge in [-0.3, -0.25) is 0 Å². The highest BCUT2D eigenvalue weighted by molar-refractivity contribution is 5.91. The molecule has 0 spiro atoms. The molecular formula is C58H60F8N2. The minimum absolute atomic E-state index is 0.291. The van der Waals surface area contributed by atoms with Crippen molar-refractivity contribution in [3.63, 3.8) is 0 Å². The largest absolute Gasteiger partial charge is 0.304 e. The summed E-state index contributed by atoms with van der Waals surface area (Å²) >= 11 is 0. The molecule has 0 amide bonds. The summed E-state index contributed by atoms with van der Waals surface area (Å²) < 4.78 is 137. The van der Waals surface area contributed by atoms with Crippen LogP contribution < -0.4 is 9.80 Å². The topological polar surface area (TPSA) is 6.48 Å². The number of aryl methyl sites for hydroxylation is 4. The lowest BCUT2D eigenvalue weighted by molar-refractivity contribution is 0.398. The summed E-state index contributed by atoms with van der Waals surface area (Å²) in [6, 6.07) is 20.9. The monoisotopic (exact) mass is 936 g/mol. The second-order valence-electron chi connectivity index (χ2n) is 19.1. The Labute approximate surface area is 396 Å². The molecule has 0 bridgehead atoms. The maximum absolute atomic E-state index is 17.2. The van der Waals surface area contributed by atoms with Gasteiger partial charge in [0, 0.05) is 10.8 Å². The molecule has 8 rings (SSSR count). The summed E-state index contributed by atoms with van der Waals surface area (Å²) in [6.07, 6.45) is 9.53. The summed E-state index contributed by atoms with van der Waals surface area (Å²) in [5.74, 6) is -16.8. The molecule has 0 saturated carbocycles. The summed E-state index contributed by atoms with van der Waals surface area (Å²) in [4.78, 5) is 2.27. The summed E-state index contributed by atoms with van der Waals surface area (Å²) in [7, 11) is 0. The van der Waals surface area contributed by atoms with E-state index in [1.165, 1.54) is 0 Å².